The first-order valence-corrected chi connectivity index (χ1v) is 8.52. The molecule has 0 fully saturated rings. The Morgan fingerprint density at radius 1 is 1.30 bits per heavy atom. The highest BCUT2D eigenvalue weighted by Gasteiger charge is 2.31. The fraction of sp³-hybridized carbons (Fsp3) is 0.312. The SMILES string of the molecule is C/C=C\C(=C/C)P(=O)(CC(C)C(=O)O)c1ccccc1. The van der Waals surface area contributed by atoms with Crippen LogP contribution in [0.1, 0.15) is 20.8 Å². The number of hydrogen-bond acceptors (Lipinski definition) is 2. The summed E-state index contributed by atoms with van der Waals surface area (Å²) < 4.78 is 13.5. The molecular weight excluding hydrogens is 271 g/mol. The highest BCUT2D eigenvalue weighted by Crippen LogP contribution is 2.54. The second-order valence-electron chi connectivity index (χ2n) is 4.71. The zero-order valence-corrected chi connectivity index (χ0v) is 13.0. The topological polar surface area (TPSA) is 54.4 Å². The van der Waals surface area contributed by atoms with Gasteiger partial charge in [-0.3, -0.25) is 4.79 Å². The highest BCUT2D eigenvalue weighted by molar-refractivity contribution is 7.75. The minimum atomic E-state index is -2.91. The molecule has 1 aromatic rings. The maximum absolute atomic E-state index is 13.5. The van der Waals surface area contributed by atoms with E-state index in [0.717, 1.165) is 0 Å². The van der Waals surface area contributed by atoms with Crippen molar-refractivity contribution in [3.05, 3.63) is 53.9 Å². The molecule has 1 rings (SSSR count). The molecule has 0 aromatic heterocycles. The van der Waals surface area contributed by atoms with Crippen LogP contribution in [0.3, 0.4) is 0 Å². The van der Waals surface area contributed by atoms with E-state index >= 15 is 0 Å². The van der Waals surface area contributed by atoms with Gasteiger partial charge in [0, 0.05) is 16.8 Å². The third-order valence-electron chi connectivity index (χ3n) is 3.18. The average molecular weight is 292 g/mol. The van der Waals surface area contributed by atoms with Crippen LogP contribution in [0, 0.1) is 5.92 Å². The smallest absolute Gasteiger partial charge is 0.306 e. The Bertz CT molecular complexity index is 558. The zero-order chi connectivity index (χ0) is 15.2. The first kappa shape index (κ1) is 16.5. The summed E-state index contributed by atoms with van der Waals surface area (Å²) >= 11 is 0. The van der Waals surface area contributed by atoms with Crippen LogP contribution in [0.5, 0.6) is 0 Å². The summed E-state index contributed by atoms with van der Waals surface area (Å²) in [7, 11) is -2.91. The number of carboxylic acid groups (broad SMARTS) is 1. The van der Waals surface area contributed by atoms with Crippen molar-refractivity contribution in [2.24, 2.45) is 5.92 Å². The van der Waals surface area contributed by atoms with Crippen LogP contribution >= 0.6 is 7.14 Å². The van der Waals surface area contributed by atoms with E-state index in [4.69, 9.17) is 5.11 Å². The maximum Gasteiger partial charge on any atom is 0.306 e. The molecule has 2 unspecified atom stereocenters. The van der Waals surface area contributed by atoms with E-state index in [1.807, 2.05) is 62.4 Å². The summed E-state index contributed by atoms with van der Waals surface area (Å²) in [5.41, 5.74) is 0. The lowest BCUT2D eigenvalue weighted by atomic mass is 10.2. The Balaban J connectivity index is 3.34. The van der Waals surface area contributed by atoms with Crippen LogP contribution < -0.4 is 5.30 Å². The van der Waals surface area contributed by atoms with Gasteiger partial charge in [0.25, 0.3) is 0 Å². The molecule has 2 atom stereocenters. The maximum atomic E-state index is 13.5. The predicted molar refractivity (Wildman–Crippen MR) is 83.9 cm³/mol. The van der Waals surface area contributed by atoms with Gasteiger partial charge >= 0.3 is 5.97 Å². The Morgan fingerprint density at radius 3 is 2.35 bits per heavy atom. The third kappa shape index (κ3) is 3.71. The van der Waals surface area contributed by atoms with Gasteiger partial charge in [0.15, 0.2) is 0 Å². The second kappa shape index (κ2) is 7.25. The highest BCUT2D eigenvalue weighted by atomic mass is 31.2. The molecule has 0 heterocycles. The lowest BCUT2D eigenvalue weighted by Gasteiger charge is -2.22. The van der Waals surface area contributed by atoms with Crippen LogP contribution in [-0.4, -0.2) is 17.2 Å². The van der Waals surface area contributed by atoms with Crippen molar-refractivity contribution in [2.75, 3.05) is 6.16 Å². The summed E-state index contributed by atoms with van der Waals surface area (Å²) in [6, 6.07) is 9.14. The number of allylic oxidation sites excluding steroid dienone is 4. The first-order valence-electron chi connectivity index (χ1n) is 6.62. The molecule has 0 aliphatic carbocycles. The first-order chi connectivity index (χ1) is 9.45. The molecule has 0 amide bonds. The quantitative estimate of drug-likeness (QED) is 0.639. The summed E-state index contributed by atoms with van der Waals surface area (Å²) in [6.45, 7) is 5.29. The van der Waals surface area contributed by atoms with Gasteiger partial charge in [-0.25, -0.2) is 0 Å². The van der Waals surface area contributed by atoms with Gasteiger partial charge in [0.05, 0.1) is 5.92 Å². The fourth-order valence-corrected chi connectivity index (χ4v) is 5.20. The van der Waals surface area contributed by atoms with E-state index in [1.165, 1.54) is 0 Å². The van der Waals surface area contributed by atoms with Gasteiger partial charge in [-0.15, -0.1) is 0 Å². The summed E-state index contributed by atoms with van der Waals surface area (Å²) in [4.78, 5) is 11.1. The number of rotatable bonds is 6. The number of hydrogen-bond donors (Lipinski definition) is 1. The predicted octanol–water partition coefficient (Wildman–Crippen LogP) is 3.88. The normalized spacial score (nSPS) is 16.9. The van der Waals surface area contributed by atoms with Crippen molar-refractivity contribution < 1.29 is 14.5 Å². The van der Waals surface area contributed by atoms with Gasteiger partial charge in [-0.1, -0.05) is 55.5 Å². The molecule has 0 aliphatic rings. The van der Waals surface area contributed by atoms with Crippen LogP contribution in [0.15, 0.2) is 53.9 Å². The fourth-order valence-electron chi connectivity index (χ4n) is 2.09. The summed E-state index contributed by atoms with van der Waals surface area (Å²) in [6.07, 6.45) is 5.58. The Morgan fingerprint density at radius 2 is 1.90 bits per heavy atom. The molecule has 3 nitrogen and oxygen atoms in total. The summed E-state index contributed by atoms with van der Waals surface area (Å²) in [5.74, 6) is -1.57. The van der Waals surface area contributed by atoms with E-state index in [-0.39, 0.29) is 6.16 Å². The largest absolute Gasteiger partial charge is 0.481 e. The second-order valence-corrected chi connectivity index (χ2v) is 7.59. The van der Waals surface area contributed by atoms with Crippen molar-refractivity contribution in [1.29, 1.82) is 0 Å². The van der Waals surface area contributed by atoms with Crippen molar-refractivity contribution >= 4 is 18.4 Å². The molecule has 1 aromatic carbocycles. The van der Waals surface area contributed by atoms with Crippen molar-refractivity contribution in [3.63, 3.8) is 0 Å². The third-order valence-corrected chi connectivity index (χ3v) is 6.61. The summed E-state index contributed by atoms with van der Waals surface area (Å²) in [5, 5.41) is 10.5. The van der Waals surface area contributed by atoms with E-state index < -0.39 is 19.0 Å². The average Bonchev–Trinajstić information content (AvgIpc) is 2.45. The molecule has 4 heteroatoms. The van der Waals surface area contributed by atoms with Gasteiger partial charge in [-0.2, -0.15) is 0 Å². The van der Waals surface area contributed by atoms with Crippen molar-refractivity contribution in [3.8, 4) is 0 Å². The van der Waals surface area contributed by atoms with Crippen molar-refractivity contribution in [2.45, 2.75) is 20.8 Å². The van der Waals surface area contributed by atoms with E-state index in [1.54, 1.807) is 6.92 Å². The Kier molecular flexibility index (Phi) is 5.97. The van der Waals surface area contributed by atoms with E-state index in [9.17, 15) is 9.36 Å². The van der Waals surface area contributed by atoms with Gasteiger partial charge < -0.3 is 9.67 Å². The van der Waals surface area contributed by atoms with Crippen LogP contribution in [-0.2, 0) is 9.36 Å². The molecule has 20 heavy (non-hydrogen) atoms. The minimum Gasteiger partial charge on any atom is -0.481 e. The standard InChI is InChI=1S/C16H21O3P/c1-4-9-14(5-2)20(19,12-13(3)16(17)18)15-10-7-6-8-11-15/h4-11,13H,12H2,1-3H3,(H,17,18)/b9-4-,14-5+. The minimum absolute atomic E-state index is 0.135. The molecular formula is C16H21O3P. The zero-order valence-electron chi connectivity index (χ0n) is 12.1. The van der Waals surface area contributed by atoms with Crippen LogP contribution in [0.2, 0.25) is 0 Å². The number of aliphatic carboxylic acids is 1. The molecule has 0 radical (unpaired) electrons. The molecule has 0 spiro atoms. The molecule has 0 aliphatic heterocycles. The molecule has 0 saturated heterocycles. The molecule has 0 saturated carbocycles. The van der Waals surface area contributed by atoms with E-state index in [0.29, 0.717) is 10.6 Å². The van der Waals surface area contributed by atoms with Crippen LogP contribution in [0.4, 0.5) is 0 Å². The molecule has 108 valence electrons. The van der Waals surface area contributed by atoms with E-state index in [2.05, 4.69) is 0 Å². The van der Waals surface area contributed by atoms with Gasteiger partial charge in [-0.05, 0) is 13.8 Å². The van der Waals surface area contributed by atoms with Crippen LogP contribution in [0.25, 0.3) is 0 Å². The number of carbonyl (C=O) groups is 1. The Hall–Kier alpha value is -1.60. The monoisotopic (exact) mass is 292 g/mol. The number of benzene rings is 1. The molecule has 1 N–H and O–H groups in total. The van der Waals surface area contributed by atoms with Crippen molar-refractivity contribution in [1.82, 2.24) is 0 Å². The Labute approximate surface area is 120 Å². The lowest BCUT2D eigenvalue weighted by Crippen LogP contribution is -2.19. The van der Waals surface area contributed by atoms with Gasteiger partial charge in [0.1, 0.15) is 7.14 Å². The van der Waals surface area contributed by atoms with Gasteiger partial charge in [0.2, 0.25) is 0 Å². The number of carboxylic acids is 1. The lowest BCUT2D eigenvalue weighted by molar-refractivity contribution is -0.140. The molecule has 0 bridgehead atoms.